The number of benzene rings is 3. The molecular weight excluding hydrogens is 443 g/mol. The van der Waals surface area contributed by atoms with E-state index in [4.69, 9.17) is 9.47 Å². The lowest BCUT2D eigenvalue weighted by Crippen LogP contribution is -2.14. The van der Waals surface area contributed by atoms with Crippen LogP contribution in [0.25, 0.3) is 24.3 Å². The number of rotatable bonds is 8. The van der Waals surface area contributed by atoms with Gasteiger partial charge in [0, 0.05) is 11.1 Å². The van der Waals surface area contributed by atoms with Gasteiger partial charge in [-0.05, 0) is 53.9 Å². The monoisotopic (exact) mass is 470 g/mol. The van der Waals surface area contributed by atoms with Crippen molar-refractivity contribution >= 4 is 36.2 Å². The van der Waals surface area contributed by atoms with Crippen LogP contribution < -0.4 is 9.47 Å². The molecule has 0 fully saturated rings. The fourth-order valence-electron chi connectivity index (χ4n) is 2.88. The normalized spacial score (nSPS) is 11.2. The second-order valence-corrected chi connectivity index (χ2v) is 8.33. The molecule has 0 atom stereocenters. The minimum absolute atomic E-state index is 0.200. The molecule has 5 heteroatoms. The second kappa shape index (κ2) is 11.7. The summed E-state index contributed by atoms with van der Waals surface area (Å²) in [5.41, 5.74) is 3.24. The van der Waals surface area contributed by atoms with Gasteiger partial charge < -0.3 is 9.47 Å². The van der Waals surface area contributed by atoms with Crippen LogP contribution in [-0.2, 0) is 9.59 Å². The molecule has 0 amide bonds. The van der Waals surface area contributed by atoms with E-state index in [1.54, 1.807) is 87.5 Å². The Morgan fingerprint density at radius 3 is 1.77 bits per heavy atom. The van der Waals surface area contributed by atoms with Crippen molar-refractivity contribution in [2.24, 2.45) is 5.92 Å². The highest BCUT2D eigenvalue weighted by atomic mass is 19.1. The number of hydrogen-bond donors (Lipinski definition) is 0. The fraction of sp³-hybridized carbons (Fsp3) is 0.133. The van der Waals surface area contributed by atoms with Crippen LogP contribution >= 0.6 is 0 Å². The lowest BCUT2D eigenvalue weighted by Gasteiger charge is -2.06. The standard InChI is InChI=1S/C30H27FO4/c1-20(2)29(32)34-26-15-9-22(10-16-26)5-6-24-8-14-25(28(31)19-24)13-7-23-11-17-27(18-12-23)35-30(33)21(3)4/h5-19,21H,1H2,2-4H3. The summed E-state index contributed by atoms with van der Waals surface area (Å²) in [7, 11) is 0. The number of esters is 2. The summed E-state index contributed by atoms with van der Waals surface area (Å²) in [5, 5.41) is 0. The van der Waals surface area contributed by atoms with Crippen molar-refractivity contribution in [3.63, 3.8) is 0 Å². The third-order valence-corrected chi connectivity index (χ3v) is 4.96. The first-order valence-corrected chi connectivity index (χ1v) is 11.2. The van der Waals surface area contributed by atoms with Gasteiger partial charge >= 0.3 is 11.9 Å². The summed E-state index contributed by atoms with van der Waals surface area (Å²) in [5.74, 6) is -0.385. The molecule has 0 aliphatic rings. The molecular formula is C30H27FO4. The van der Waals surface area contributed by atoms with E-state index in [-0.39, 0.29) is 17.7 Å². The molecule has 178 valence electrons. The first-order valence-electron chi connectivity index (χ1n) is 11.2. The van der Waals surface area contributed by atoms with Crippen molar-refractivity contribution in [1.29, 1.82) is 0 Å². The van der Waals surface area contributed by atoms with Gasteiger partial charge in [0.05, 0.1) is 5.92 Å². The molecule has 0 N–H and O–H groups in total. The van der Waals surface area contributed by atoms with Crippen LogP contribution in [0.4, 0.5) is 4.39 Å². The van der Waals surface area contributed by atoms with Crippen molar-refractivity contribution in [3.05, 3.63) is 107 Å². The zero-order valence-corrected chi connectivity index (χ0v) is 20.0. The SMILES string of the molecule is C=C(C)C(=O)Oc1ccc(C=Cc2ccc(C=Cc3ccc(OC(=O)C(C)C)cc3)c(F)c2)cc1. The van der Waals surface area contributed by atoms with Crippen LogP contribution in [0.3, 0.4) is 0 Å². The van der Waals surface area contributed by atoms with E-state index in [2.05, 4.69) is 6.58 Å². The summed E-state index contributed by atoms with van der Waals surface area (Å²) in [4.78, 5) is 23.2. The Morgan fingerprint density at radius 2 is 1.26 bits per heavy atom. The lowest BCUT2D eigenvalue weighted by molar-refractivity contribution is -0.137. The van der Waals surface area contributed by atoms with Crippen molar-refractivity contribution in [2.75, 3.05) is 0 Å². The average Bonchev–Trinajstić information content (AvgIpc) is 2.83. The van der Waals surface area contributed by atoms with Gasteiger partial charge in [-0.25, -0.2) is 9.18 Å². The summed E-state index contributed by atoms with van der Waals surface area (Å²) in [6.45, 7) is 8.69. The Hall–Kier alpha value is -4.25. The van der Waals surface area contributed by atoms with Gasteiger partial charge in [-0.2, -0.15) is 0 Å². The molecule has 0 aromatic heterocycles. The van der Waals surface area contributed by atoms with Crippen LogP contribution in [-0.4, -0.2) is 11.9 Å². The van der Waals surface area contributed by atoms with Crippen molar-refractivity contribution in [3.8, 4) is 11.5 Å². The van der Waals surface area contributed by atoms with Crippen LogP contribution in [0, 0.1) is 11.7 Å². The number of carbonyl (C=O) groups is 2. The molecule has 3 aromatic carbocycles. The topological polar surface area (TPSA) is 52.6 Å². The zero-order chi connectivity index (χ0) is 25.4. The molecule has 0 heterocycles. The maximum atomic E-state index is 14.6. The van der Waals surface area contributed by atoms with E-state index in [1.165, 1.54) is 6.07 Å². The number of carbonyl (C=O) groups excluding carboxylic acids is 2. The van der Waals surface area contributed by atoms with E-state index in [1.807, 2.05) is 18.2 Å². The van der Waals surface area contributed by atoms with Crippen molar-refractivity contribution in [2.45, 2.75) is 20.8 Å². The molecule has 35 heavy (non-hydrogen) atoms. The van der Waals surface area contributed by atoms with Gasteiger partial charge in [0.2, 0.25) is 0 Å². The molecule has 0 aliphatic carbocycles. The van der Waals surface area contributed by atoms with Gasteiger partial charge in [0.1, 0.15) is 17.3 Å². The summed E-state index contributed by atoms with van der Waals surface area (Å²) in [6.07, 6.45) is 7.15. The van der Waals surface area contributed by atoms with Gasteiger partial charge in [-0.1, -0.05) is 81.1 Å². The molecule has 0 saturated heterocycles. The van der Waals surface area contributed by atoms with E-state index in [0.29, 0.717) is 28.2 Å². The molecule has 0 saturated carbocycles. The third-order valence-electron chi connectivity index (χ3n) is 4.96. The van der Waals surface area contributed by atoms with E-state index >= 15 is 0 Å². The largest absolute Gasteiger partial charge is 0.426 e. The molecule has 3 aromatic rings. The maximum Gasteiger partial charge on any atom is 0.338 e. The van der Waals surface area contributed by atoms with Gasteiger partial charge in [0.25, 0.3) is 0 Å². The first kappa shape index (κ1) is 25.4. The Kier molecular flexibility index (Phi) is 8.52. The van der Waals surface area contributed by atoms with Crippen molar-refractivity contribution < 1.29 is 23.5 Å². The maximum absolute atomic E-state index is 14.6. The van der Waals surface area contributed by atoms with E-state index < -0.39 is 5.97 Å². The molecule has 3 rings (SSSR count). The molecule has 0 radical (unpaired) electrons. The first-order chi connectivity index (χ1) is 16.7. The molecule has 0 aliphatic heterocycles. The van der Waals surface area contributed by atoms with Gasteiger partial charge in [-0.3, -0.25) is 4.79 Å². The van der Waals surface area contributed by atoms with Crippen LogP contribution in [0.5, 0.6) is 11.5 Å². The average molecular weight is 471 g/mol. The zero-order valence-electron chi connectivity index (χ0n) is 20.0. The lowest BCUT2D eigenvalue weighted by atomic mass is 10.1. The third kappa shape index (κ3) is 7.64. The Balaban J connectivity index is 1.61. The van der Waals surface area contributed by atoms with Gasteiger partial charge in [-0.15, -0.1) is 0 Å². The smallest absolute Gasteiger partial charge is 0.338 e. The molecule has 0 bridgehead atoms. The fourth-order valence-corrected chi connectivity index (χ4v) is 2.88. The van der Waals surface area contributed by atoms with Crippen LogP contribution in [0.2, 0.25) is 0 Å². The Morgan fingerprint density at radius 1 is 0.771 bits per heavy atom. The molecule has 0 unspecified atom stereocenters. The second-order valence-electron chi connectivity index (χ2n) is 8.33. The summed E-state index contributed by atoms with van der Waals surface area (Å²) < 4.78 is 25.0. The number of hydrogen-bond acceptors (Lipinski definition) is 4. The number of ether oxygens (including phenoxy) is 2. The highest BCUT2D eigenvalue weighted by Crippen LogP contribution is 2.20. The van der Waals surface area contributed by atoms with Crippen LogP contribution in [0.15, 0.2) is 78.9 Å². The number of halogens is 1. The highest BCUT2D eigenvalue weighted by molar-refractivity contribution is 5.88. The quantitative estimate of drug-likeness (QED) is 0.151. The molecule has 0 spiro atoms. The van der Waals surface area contributed by atoms with E-state index in [0.717, 1.165) is 11.1 Å². The molecule has 4 nitrogen and oxygen atoms in total. The Labute approximate surface area is 205 Å². The van der Waals surface area contributed by atoms with E-state index in [9.17, 15) is 14.0 Å². The predicted molar refractivity (Wildman–Crippen MR) is 138 cm³/mol. The van der Waals surface area contributed by atoms with Crippen molar-refractivity contribution in [1.82, 2.24) is 0 Å². The minimum atomic E-state index is -0.470. The summed E-state index contributed by atoms with van der Waals surface area (Å²) >= 11 is 0. The van der Waals surface area contributed by atoms with Crippen LogP contribution in [0.1, 0.15) is 43.0 Å². The highest BCUT2D eigenvalue weighted by Gasteiger charge is 2.09. The minimum Gasteiger partial charge on any atom is -0.426 e. The van der Waals surface area contributed by atoms with Gasteiger partial charge in [0.15, 0.2) is 0 Å². The predicted octanol–water partition coefficient (Wildman–Crippen LogP) is 7.21. The summed E-state index contributed by atoms with van der Waals surface area (Å²) in [6, 6.07) is 19.0. The Bertz CT molecular complexity index is 1270.